The van der Waals surface area contributed by atoms with Crippen LogP contribution in [-0.2, 0) is 4.74 Å². The maximum Gasteiger partial charge on any atom is 0.427 e. The molecular formula is C9H8F2N2O2. The number of hydrogen-bond donors (Lipinski definition) is 1. The van der Waals surface area contributed by atoms with Gasteiger partial charge in [0.15, 0.2) is 0 Å². The lowest BCUT2D eigenvalue weighted by Gasteiger charge is -1.96. The van der Waals surface area contributed by atoms with Crippen molar-refractivity contribution >= 4 is 12.3 Å². The van der Waals surface area contributed by atoms with Crippen LogP contribution >= 0.6 is 0 Å². The van der Waals surface area contributed by atoms with Crippen molar-refractivity contribution in [1.82, 2.24) is 5.43 Å². The smallest absolute Gasteiger partial charge is 0.427 e. The molecule has 0 fully saturated rings. The van der Waals surface area contributed by atoms with Gasteiger partial charge in [0.05, 0.1) is 13.3 Å². The van der Waals surface area contributed by atoms with Gasteiger partial charge in [0.25, 0.3) is 0 Å². The zero-order valence-corrected chi connectivity index (χ0v) is 7.83. The first kappa shape index (κ1) is 11.1. The predicted molar refractivity (Wildman–Crippen MR) is 49.5 cm³/mol. The van der Waals surface area contributed by atoms with Crippen molar-refractivity contribution in [2.24, 2.45) is 5.10 Å². The fourth-order valence-corrected chi connectivity index (χ4v) is 0.855. The molecule has 0 aliphatic rings. The normalized spacial score (nSPS) is 10.3. The lowest BCUT2D eigenvalue weighted by Crippen LogP contribution is -2.16. The number of carbonyl (C=O) groups excluding carboxylic acids is 1. The average Bonchev–Trinajstić information content (AvgIpc) is 2.16. The summed E-state index contributed by atoms with van der Waals surface area (Å²) in [6.07, 6.45) is 0.339. The minimum atomic E-state index is -0.761. The second-order valence-electron chi connectivity index (χ2n) is 2.56. The summed E-state index contributed by atoms with van der Waals surface area (Å²) in [5, 5.41) is 3.41. The van der Waals surface area contributed by atoms with Gasteiger partial charge in [-0.25, -0.2) is 19.0 Å². The second kappa shape index (κ2) is 5.04. The predicted octanol–water partition coefficient (Wildman–Crippen LogP) is 1.65. The molecule has 1 aromatic carbocycles. The van der Waals surface area contributed by atoms with Gasteiger partial charge in [0.2, 0.25) is 0 Å². The number of methoxy groups -OCH3 is 1. The fourth-order valence-electron chi connectivity index (χ4n) is 0.855. The molecule has 1 N–H and O–H groups in total. The Kier molecular flexibility index (Phi) is 3.73. The van der Waals surface area contributed by atoms with Crippen LogP contribution in [0, 0.1) is 11.6 Å². The van der Waals surface area contributed by atoms with E-state index in [4.69, 9.17) is 0 Å². The zero-order chi connectivity index (χ0) is 11.3. The van der Waals surface area contributed by atoms with Gasteiger partial charge in [-0.1, -0.05) is 0 Å². The van der Waals surface area contributed by atoms with Crippen LogP contribution in [0.3, 0.4) is 0 Å². The van der Waals surface area contributed by atoms with Crippen LogP contribution in [0.5, 0.6) is 0 Å². The molecule has 0 aliphatic carbocycles. The average molecular weight is 214 g/mol. The molecule has 4 nitrogen and oxygen atoms in total. The van der Waals surface area contributed by atoms with Gasteiger partial charge < -0.3 is 4.74 Å². The van der Waals surface area contributed by atoms with Crippen molar-refractivity contribution < 1.29 is 18.3 Å². The Hall–Kier alpha value is -1.98. The van der Waals surface area contributed by atoms with E-state index in [1.165, 1.54) is 7.11 Å². The van der Waals surface area contributed by atoms with E-state index in [2.05, 4.69) is 9.84 Å². The lowest BCUT2D eigenvalue weighted by molar-refractivity contribution is 0.171. The molecule has 0 radical (unpaired) electrons. The number of hydrazone groups is 1. The van der Waals surface area contributed by atoms with E-state index in [1.54, 1.807) is 0 Å². The summed E-state index contributed by atoms with van der Waals surface area (Å²) in [5.74, 6) is -1.43. The number of carbonyl (C=O) groups is 1. The van der Waals surface area contributed by atoms with Gasteiger partial charge in [-0.3, -0.25) is 0 Å². The van der Waals surface area contributed by atoms with Gasteiger partial charge in [0.1, 0.15) is 11.6 Å². The molecule has 0 spiro atoms. The molecule has 6 heteroatoms. The van der Waals surface area contributed by atoms with E-state index in [0.717, 1.165) is 24.4 Å². The van der Waals surface area contributed by atoms with Crippen LogP contribution in [0.2, 0.25) is 0 Å². The van der Waals surface area contributed by atoms with E-state index in [1.807, 2.05) is 5.43 Å². The van der Waals surface area contributed by atoms with Gasteiger partial charge in [-0.2, -0.15) is 5.10 Å². The lowest BCUT2D eigenvalue weighted by atomic mass is 10.2. The van der Waals surface area contributed by atoms with Crippen LogP contribution in [0.4, 0.5) is 13.6 Å². The molecule has 0 heterocycles. The number of benzene rings is 1. The summed E-state index contributed by atoms with van der Waals surface area (Å²) in [4.78, 5) is 10.5. The van der Waals surface area contributed by atoms with Crippen molar-refractivity contribution in [1.29, 1.82) is 0 Å². The Morgan fingerprint density at radius 2 is 2.00 bits per heavy atom. The Bertz CT molecular complexity index is 373. The Labute approximate surface area is 84.5 Å². The number of amides is 1. The SMILES string of the molecule is COC(=O)N/N=C/c1cc(F)cc(F)c1. The summed E-state index contributed by atoms with van der Waals surface area (Å²) in [6, 6.07) is 2.89. The molecule has 15 heavy (non-hydrogen) atoms. The zero-order valence-electron chi connectivity index (χ0n) is 7.83. The number of nitrogens with zero attached hydrogens (tertiary/aromatic N) is 1. The largest absolute Gasteiger partial charge is 0.452 e. The fraction of sp³-hybridized carbons (Fsp3) is 0.111. The molecule has 1 rings (SSSR count). The standard InChI is InChI=1S/C9H8F2N2O2/c1-15-9(14)13-12-5-6-2-7(10)4-8(11)3-6/h2-5H,1H3,(H,13,14)/b12-5+. The number of halogens is 2. The summed E-state index contributed by atoms with van der Waals surface area (Å²) < 4.78 is 29.6. The molecule has 0 atom stereocenters. The first-order valence-corrected chi connectivity index (χ1v) is 3.95. The summed E-state index contributed by atoms with van der Waals surface area (Å²) >= 11 is 0. The Morgan fingerprint density at radius 3 is 2.53 bits per heavy atom. The Balaban J connectivity index is 2.68. The minimum absolute atomic E-state index is 0.198. The quantitative estimate of drug-likeness (QED) is 0.601. The van der Waals surface area contributed by atoms with Crippen LogP contribution in [0.25, 0.3) is 0 Å². The molecule has 1 amide bonds. The van der Waals surface area contributed by atoms with E-state index in [-0.39, 0.29) is 5.56 Å². The summed E-state index contributed by atoms with van der Waals surface area (Å²) in [5.41, 5.74) is 2.18. The topological polar surface area (TPSA) is 50.7 Å². The van der Waals surface area contributed by atoms with Crippen LogP contribution < -0.4 is 5.43 Å². The molecule has 0 bridgehead atoms. The molecule has 1 aromatic rings. The first-order valence-electron chi connectivity index (χ1n) is 3.95. The van der Waals surface area contributed by atoms with Gasteiger partial charge in [-0.05, 0) is 12.1 Å². The number of hydrogen-bond acceptors (Lipinski definition) is 3. The maximum atomic E-state index is 12.7. The third-order valence-corrected chi connectivity index (χ3v) is 1.44. The maximum absolute atomic E-state index is 12.7. The van der Waals surface area contributed by atoms with Gasteiger partial charge in [-0.15, -0.1) is 0 Å². The Morgan fingerprint density at radius 1 is 1.40 bits per heavy atom. The minimum Gasteiger partial charge on any atom is -0.452 e. The summed E-state index contributed by atoms with van der Waals surface area (Å²) in [6.45, 7) is 0. The highest BCUT2D eigenvalue weighted by Gasteiger charge is 1.98. The molecule has 0 saturated heterocycles. The van der Waals surface area contributed by atoms with Crippen molar-refractivity contribution in [2.75, 3.05) is 7.11 Å². The van der Waals surface area contributed by atoms with Crippen molar-refractivity contribution in [2.45, 2.75) is 0 Å². The molecule has 0 aliphatic heterocycles. The third-order valence-electron chi connectivity index (χ3n) is 1.44. The first-order chi connectivity index (χ1) is 7.11. The van der Waals surface area contributed by atoms with Crippen molar-refractivity contribution in [3.05, 3.63) is 35.4 Å². The van der Waals surface area contributed by atoms with Crippen LogP contribution in [0.15, 0.2) is 23.3 Å². The van der Waals surface area contributed by atoms with Crippen LogP contribution in [-0.4, -0.2) is 19.4 Å². The highest BCUT2D eigenvalue weighted by Crippen LogP contribution is 2.05. The monoisotopic (exact) mass is 214 g/mol. The van der Waals surface area contributed by atoms with Crippen molar-refractivity contribution in [3.63, 3.8) is 0 Å². The van der Waals surface area contributed by atoms with E-state index in [0.29, 0.717) is 0 Å². The number of ether oxygens (including phenoxy) is 1. The van der Waals surface area contributed by atoms with E-state index >= 15 is 0 Å². The number of nitrogens with one attached hydrogen (secondary N) is 1. The molecular weight excluding hydrogens is 206 g/mol. The number of rotatable bonds is 2. The van der Waals surface area contributed by atoms with Gasteiger partial charge >= 0.3 is 6.09 Å². The molecule has 0 aromatic heterocycles. The highest BCUT2D eigenvalue weighted by atomic mass is 19.1. The molecule has 0 unspecified atom stereocenters. The second-order valence-corrected chi connectivity index (χ2v) is 2.56. The summed E-state index contributed by atoms with van der Waals surface area (Å²) in [7, 11) is 1.17. The van der Waals surface area contributed by atoms with Crippen molar-refractivity contribution in [3.8, 4) is 0 Å². The van der Waals surface area contributed by atoms with E-state index in [9.17, 15) is 13.6 Å². The van der Waals surface area contributed by atoms with Crippen LogP contribution in [0.1, 0.15) is 5.56 Å². The molecule has 0 saturated carbocycles. The van der Waals surface area contributed by atoms with Gasteiger partial charge in [0, 0.05) is 11.6 Å². The third kappa shape index (κ3) is 3.72. The van der Waals surface area contributed by atoms with E-state index < -0.39 is 17.7 Å². The highest BCUT2D eigenvalue weighted by molar-refractivity contribution is 5.80. The molecule has 80 valence electrons.